The van der Waals surface area contributed by atoms with Crippen molar-refractivity contribution >= 4 is 0 Å². The molecule has 1 unspecified atom stereocenters. The van der Waals surface area contributed by atoms with Crippen LogP contribution in [0, 0.1) is 0 Å². The molecule has 3 heteroatoms. The quantitative estimate of drug-likeness (QED) is 0.542. The van der Waals surface area contributed by atoms with Gasteiger partial charge in [0.1, 0.15) is 12.8 Å². The molecule has 0 aliphatic rings. The summed E-state index contributed by atoms with van der Waals surface area (Å²) in [6.07, 6.45) is -3.49. The normalized spacial score (nSPS) is 18.0. The monoisotopic (exact) mass is 126 g/mol. The molecule has 0 radical (unpaired) electrons. The lowest BCUT2D eigenvalue weighted by Gasteiger charge is -2.05. The Kier molecular flexibility index (Phi) is 3.65. The molecule has 0 N–H and O–H groups in total. The predicted molar refractivity (Wildman–Crippen MR) is 26.1 cm³/mol. The van der Waals surface area contributed by atoms with Crippen LogP contribution in [0.1, 0.15) is 13.3 Å². The van der Waals surface area contributed by atoms with Crippen LogP contribution in [0.5, 0.6) is 0 Å². The third-order valence-corrected chi connectivity index (χ3v) is 0.930. The van der Waals surface area contributed by atoms with Gasteiger partial charge in [0.25, 0.3) is 0 Å². The second kappa shape index (κ2) is 3.75. The largest absolute Gasteiger partial charge is 0.248 e. The number of hydrogen-bond donors (Lipinski definition) is 0. The zero-order valence-electron chi connectivity index (χ0n) is 4.70. The van der Waals surface area contributed by atoms with Crippen LogP contribution in [0.2, 0.25) is 0 Å². The van der Waals surface area contributed by atoms with E-state index >= 15 is 0 Å². The Morgan fingerprint density at radius 3 is 1.88 bits per heavy atom. The SMILES string of the molecule is CCC(F)[C@@H](F)CF. The van der Waals surface area contributed by atoms with Gasteiger partial charge in [-0.2, -0.15) is 0 Å². The number of halogens is 3. The minimum absolute atomic E-state index is 0.0467. The van der Waals surface area contributed by atoms with Crippen molar-refractivity contribution in [3.05, 3.63) is 0 Å². The first kappa shape index (κ1) is 7.79. The number of alkyl halides is 3. The van der Waals surface area contributed by atoms with E-state index in [1.165, 1.54) is 6.92 Å². The average Bonchev–Trinajstić information content (AvgIpc) is 1.84. The van der Waals surface area contributed by atoms with Crippen molar-refractivity contribution in [2.45, 2.75) is 25.7 Å². The van der Waals surface area contributed by atoms with Crippen molar-refractivity contribution in [2.75, 3.05) is 6.67 Å². The van der Waals surface area contributed by atoms with Crippen LogP contribution in [0.3, 0.4) is 0 Å². The molecule has 0 amide bonds. The van der Waals surface area contributed by atoms with Crippen LogP contribution in [-0.2, 0) is 0 Å². The highest BCUT2D eigenvalue weighted by molar-refractivity contribution is 4.63. The molecule has 0 aliphatic heterocycles. The van der Waals surface area contributed by atoms with Crippen LogP contribution in [0.25, 0.3) is 0 Å². The fourth-order valence-electron chi connectivity index (χ4n) is 0.352. The summed E-state index contributed by atoms with van der Waals surface area (Å²) < 4.78 is 34.9. The summed E-state index contributed by atoms with van der Waals surface area (Å²) in [5, 5.41) is 0. The maximum absolute atomic E-state index is 11.9. The molecular formula is C5H9F3. The molecule has 0 saturated carbocycles. The van der Waals surface area contributed by atoms with Crippen LogP contribution < -0.4 is 0 Å². The van der Waals surface area contributed by atoms with E-state index in [9.17, 15) is 13.2 Å². The van der Waals surface area contributed by atoms with Crippen molar-refractivity contribution in [3.63, 3.8) is 0 Å². The molecule has 0 fully saturated rings. The van der Waals surface area contributed by atoms with E-state index in [1.807, 2.05) is 0 Å². The molecule has 0 aromatic carbocycles. The number of rotatable bonds is 3. The fourth-order valence-corrected chi connectivity index (χ4v) is 0.352. The standard InChI is InChI=1S/C5H9F3/c1-2-4(7)5(8)3-6/h4-5H,2-3H2,1H3/t4?,5-/m0/s1. The van der Waals surface area contributed by atoms with E-state index in [1.54, 1.807) is 0 Å². The van der Waals surface area contributed by atoms with Crippen LogP contribution in [-0.4, -0.2) is 19.0 Å². The molecule has 50 valence electrons. The molecule has 0 bridgehead atoms. The van der Waals surface area contributed by atoms with E-state index < -0.39 is 19.0 Å². The van der Waals surface area contributed by atoms with E-state index in [2.05, 4.69) is 0 Å². The summed E-state index contributed by atoms with van der Waals surface area (Å²) in [5.41, 5.74) is 0. The van der Waals surface area contributed by atoms with E-state index in [0.717, 1.165) is 0 Å². The molecule has 0 aromatic rings. The van der Waals surface area contributed by atoms with E-state index in [0.29, 0.717) is 0 Å². The summed E-state index contributed by atoms with van der Waals surface area (Å²) >= 11 is 0. The summed E-state index contributed by atoms with van der Waals surface area (Å²) in [6, 6.07) is 0. The zero-order valence-corrected chi connectivity index (χ0v) is 4.70. The Balaban J connectivity index is 3.29. The van der Waals surface area contributed by atoms with Gasteiger partial charge in [-0.05, 0) is 6.42 Å². The zero-order chi connectivity index (χ0) is 6.57. The van der Waals surface area contributed by atoms with Gasteiger partial charge < -0.3 is 0 Å². The predicted octanol–water partition coefficient (Wildman–Crippen LogP) is 2.04. The van der Waals surface area contributed by atoms with E-state index in [-0.39, 0.29) is 6.42 Å². The molecule has 0 saturated heterocycles. The van der Waals surface area contributed by atoms with Gasteiger partial charge in [-0.25, -0.2) is 13.2 Å². The summed E-state index contributed by atoms with van der Waals surface area (Å²) in [7, 11) is 0. The molecule has 0 spiro atoms. The Morgan fingerprint density at radius 1 is 1.25 bits per heavy atom. The van der Waals surface area contributed by atoms with Gasteiger partial charge in [-0.15, -0.1) is 0 Å². The smallest absolute Gasteiger partial charge is 0.159 e. The highest BCUT2D eigenvalue weighted by Gasteiger charge is 2.16. The van der Waals surface area contributed by atoms with Gasteiger partial charge >= 0.3 is 0 Å². The second-order valence-electron chi connectivity index (χ2n) is 1.59. The molecule has 8 heavy (non-hydrogen) atoms. The highest BCUT2D eigenvalue weighted by Crippen LogP contribution is 2.07. The highest BCUT2D eigenvalue weighted by atomic mass is 19.2. The number of hydrogen-bond acceptors (Lipinski definition) is 0. The third kappa shape index (κ3) is 2.19. The Bertz CT molecular complexity index is 47.6. The minimum atomic E-state index is -1.92. The molecule has 0 rings (SSSR count). The van der Waals surface area contributed by atoms with Crippen molar-refractivity contribution in [1.82, 2.24) is 0 Å². The summed E-state index contributed by atoms with van der Waals surface area (Å²) in [5.74, 6) is 0. The molecule has 0 heterocycles. The lowest BCUT2D eigenvalue weighted by atomic mass is 10.2. The van der Waals surface area contributed by atoms with Crippen molar-refractivity contribution in [2.24, 2.45) is 0 Å². The fraction of sp³-hybridized carbons (Fsp3) is 1.00. The van der Waals surface area contributed by atoms with Crippen LogP contribution in [0.4, 0.5) is 13.2 Å². The van der Waals surface area contributed by atoms with Gasteiger partial charge in [0.05, 0.1) is 0 Å². The average molecular weight is 126 g/mol. The lowest BCUT2D eigenvalue weighted by Crippen LogP contribution is -2.17. The van der Waals surface area contributed by atoms with Crippen molar-refractivity contribution in [1.29, 1.82) is 0 Å². The molecule has 2 atom stereocenters. The Labute approximate surface area is 46.7 Å². The molecule has 0 nitrogen and oxygen atoms in total. The van der Waals surface area contributed by atoms with Gasteiger partial charge in [0.15, 0.2) is 6.17 Å². The van der Waals surface area contributed by atoms with E-state index in [4.69, 9.17) is 0 Å². The maximum atomic E-state index is 11.9. The molecular weight excluding hydrogens is 117 g/mol. The Hall–Kier alpha value is -0.210. The van der Waals surface area contributed by atoms with Gasteiger partial charge in [-0.1, -0.05) is 6.92 Å². The first-order valence-electron chi connectivity index (χ1n) is 2.56. The van der Waals surface area contributed by atoms with Crippen molar-refractivity contribution in [3.8, 4) is 0 Å². The van der Waals surface area contributed by atoms with Crippen LogP contribution in [0.15, 0.2) is 0 Å². The topological polar surface area (TPSA) is 0 Å². The minimum Gasteiger partial charge on any atom is -0.248 e. The lowest BCUT2D eigenvalue weighted by molar-refractivity contribution is 0.134. The molecule has 0 aromatic heterocycles. The van der Waals surface area contributed by atoms with Gasteiger partial charge in [0.2, 0.25) is 0 Å². The van der Waals surface area contributed by atoms with Gasteiger partial charge in [-0.3, -0.25) is 0 Å². The van der Waals surface area contributed by atoms with Crippen LogP contribution >= 0.6 is 0 Å². The summed E-state index contributed by atoms with van der Waals surface area (Å²) in [4.78, 5) is 0. The Morgan fingerprint density at radius 2 is 1.75 bits per heavy atom. The second-order valence-corrected chi connectivity index (χ2v) is 1.59. The first-order valence-corrected chi connectivity index (χ1v) is 2.56. The third-order valence-electron chi connectivity index (χ3n) is 0.930. The van der Waals surface area contributed by atoms with Gasteiger partial charge in [0, 0.05) is 0 Å². The van der Waals surface area contributed by atoms with Crippen molar-refractivity contribution < 1.29 is 13.2 Å². The molecule has 0 aliphatic carbocycles. The maximum Gasteiger partial charge on any atom is 0.159 e. The summed E-state index contributed by atoms with van der Waals surface area (Å²) in [6.45, 7) is 0.266. The first-order chi connectivity index (χ1) is 3.72.